The van der Waals surface area contributed by atoms with Crippen LogP contribution in [0.25, 0.3) is 11.3 Å². The van der Waals surface area contributed by atoms with E-state index >= 15 is 0 Å². The van der Waals surface area contributed by atoms with E-state index in [4.69, 9.17) is 9.84 Å². The quantitative estimate of drug-likeness (QED) is 0.150. The molecular weight excluding hydrogens is 404 g/mol. The number of aliphatic hydroxyl groups excluding tert-OH is 1. The fraction of sp³-hybridized carbons (Fsp3) is 0.450. The molecular formula is C20H28N6O5. The molecule has 2 rings (SSSR count). The first kappa shape index (κ1) is 24.0. The lowest BCUT2D eigenvalue weighted by Gasteiger charge is -2.19. The van der Waals surface area contributed by atoms with Gasteiger partial charge in [0, 0.05) is 5.56 Å². The minimum atomic E-state index is -0.586. The summed E-state index contributed by atoms with van der Waals surface area (Å²) in [6.07, 6.45) is 5.01. The second-order valence-electron chi connectivity index (χ2n) is 6.80. The van der Waals surface area contributed by atoms with Gasteiger partial charge < -0.3 is 9.84 Å². The van der Waals surface area contributed by atoms with Gasteiger partial charge in [0.25, 0.3) is 5.95 Å². The standard InChI is InChI=1S/C20H28N6O5/c1-2-3-4-5-16(13-26(30)14-28)19(29)23-25-20-22-18(12-21-24-20)15-6-8-17(9-7-15)31-11-10-27/h6-9,12,14,16,27,30H,2-5,10-11,13H2,1H3,(H,23,29)(H,22,24,25). The molecule has 11 nitrogen and oxygen atoms in total. The molecule has 0 aliphatic carbocycles. The summed E-state index contributed by atoms with van der Waals surface area (Å²) in [6, 6.07) is 7.07. The first-order valence-electron chi connectivity index (χ1n) is 10.1. The number of carbonyl (C=O) groups excluding carboxylic acids is 2. The van der Waals surface area contributed by atoms with E-state index in [1.807, 2.05) is 6.92 Å². The Labute approximate surface area is 180 Å². The number of aromatic nitrogens is 3. The van der Waals surface area contributed by atoms with Crippen LogP contribution in [0.3, 0.4) is 0 Å². The largest absolute Gasteiger partial charge is 0.491 e. The molecule has 0 aliphatic heterocycles. The van der Waals surface area contributed by atoms with Crippen molar-refractivity contribution in [2.75, 3.05) is 25.2 Å². The lowest BCUT2D eigenvalue weighted by atomic mass is 10.0. The highest BCUT2D eigenvalue weighted by atomic mass is 16.5. The van der Waals surface area contributed by atoms with Crippen LogP contribution in [-0.4, -0.2) is 62.6 Å². The molecule has 0 saturated carbocycles. The van der Waals surface area contributed by atoms with Gasteiger partial charge in [-0.15, -0.1) is 5.10 Å². The Morgan fingerprint density at radius 3 is 2.74 bits per heavy atom. The molecule has 0 aliphatic rings. The highest BCUT2D eigenvalue weighted by molar-refractivity contribution is 5.80. The maximum absolute atomic E-state index is 12.5. The third-order valence-electron chi connectivity index (χ3n) is 4.42. The Hall–Kier alpha value is -3.31. The number of unbranched alkanes of at least 4 members (excludes halogenated alkanes) is 2. The second-order valence-corrected chi connectivity index (χ2v) is 6.80. The third kappa shape index (κ3) is 8.15. The molecule has 0 spiro atoms. The van der Waals surface area contributed by atoms with Crippen molar-refractivity contribution in [3.05, 3.63) is 30.5 Å². The number of hydrogen-bond acceptors (Lipinski definition) is 9. The van der Waals surface area contributed by atoms with Crippen LogP contribution >= 0.6 is 0 Å². The minimum absolute atomic E-state index is 0.0662. The number of rotatable bonds is 14. The van der Waals surface area contributed by atoms with E-state index in [0.717, 1.165) is 24.8 Å². The Bertz CT molecular complexity index is 820. The molecule has 0 bridgehead atoms. The average Bonchev–Trinajstić information content (AvgIpc) is 2.81. The molecule has 1 aromatic heterocycles. The molecule has 31 heavy (non-hydrogen) atoms. The fourth-order valence-corrected chi connectivity index (χ4v) is 2.82. The number of ether oxygens (including phenoxy) is 1. The molecule has 2 amide bonds. The van der Waals surface area contributed by atoms with E-state index in [1.54, 1.807) is 24.3 Å². The Morgan fingerprint density at radius 2 is 2.06 bits per heavy atom. The number of aliphatic hydroxyl groups is 1. The highest BCUT2D eigenvalue weighted by Gasteiger charge is 2.21. The molecule has 0 fully saturated rings. The number of benzene rings is 1. The molecule has 11 heteroatoms. The van der Waals surface area contributed by atoms with Crippen molar-refractivity contribution < 1.29 is 24.6 Å². The van der Waals surface area contributed by atoms with Crippen molar-refractivity contribution in [3.63, 3.8) is 0 Å². The van der Waals surface area contributed by atoms with E-state index in [9.17, 15) is 14.8 Å². The normalized spacial score (nSPS) is 11.5. The van der Waals surface area contributed by atoms with Gasteiger partial charge in [-0.1, -0.05) is 26.2 Å². The van der Waals surface area contributed by atoms with Gasteiger partial charge in [0.1, 0.15) is 12.4 Å². The number of hydrazine groups is 1. The number of anilines is 1. The van der Waals surface area contributed by atoms with Crippen molar-refractivity contribution in [2.45, 2.75) is 32.6 Å². The molecule has 2 aromatic rings. The van der Waals surface area contributed by atoms with Crippen molar-refractivity contribution >= 4 is 18.3 Å². The summed E-state index contributed by atoms with van der Waals surface area (Å²) in [5.41, 5.74) is 6.44. The molecule has 168 valence electrons. The first-order valence-corrected chi connectivity index (χ1v) is 10.1. The number of hydroxylamine groups is 2. The van der Waals surface area contributed by atoms with Gasteiger partial charge in [-0.3, -0.25) is 25.6 Å². The van der Waals surface area contributed by atoms with Crippen LogP contribution in [0.4, 0.5) is 5.95 Å². The summed E-state index contributed by atoms with van der Waals surface area (Å²) in [4.78, 5) is 27.5. The predicted molar refractivity (Wildman–Crippen MR) is 112 cm³/mol. The maximum atomic E-state index is 12.5. The number of amides is 2. The van der Waals surface area contributed by atoms with E-state index < -0.39 is 11.8 Å². The Kier molecular flexibility index (Phi) is 10.1. The number of carbonyl (C=O) groups is 2. The van der Waals surface area contributed by atoms with Crippen molar-refractivity contribution in [1.82, 2.24) is 25.7 Å². The van der Waals surface area contributed by atoms with E-state index in [0.29, 0.717) is 22.9 Å². The van der Waals surface area contributed by atoms with Crippen molar-refractivity contribution in [1.29, 1.82) is 0 Å². The molecule has 1 unspecified atom stereocenters. The lowest BCUT2D eigenvalue weighted by molar-refractivity contribution is -0.154. The van der Waals surface area contributed by atoms with E-state index in [-0.39, 0.29) is 32.1 Å². The topological polar surface area (TPSA) is 150 Å². The molecule has 1 aromatic carbocycles. The lowest BCUT2D eigenvalue weighted by Crippen LogP contribution is -2.40. The predicted octanol–water partition coefficient (Wildman–Crippen LogP) is 1.40. The summed E-state index contributed by atoms with van der Waals surface area (Å²) in [6.45, 7) is 2.09. The Morgan fingerprint density at radius 1 is 1.29 bits per heavy atom. The summed E-state index contributed by atoms with van der Waals surface area (Å²) in [5.74, 6) is -0.268. The number of hydrogen-bond donors (Lipinski definition) is 4. The summed E-state index contributed by atoms with van der Waals surface area (Å²) in [7, 11) is 0. The third-order valence-corrected chi connectivity index (χ3v) is 4.42. The summed E-state index contributed by atoms with van der Waals surface area (Å²) >= 11 is 0. The highest BCUT2D eigenvalue weighted by Crippen LogP contribution is 2.20. The zero-order chi connectivity index (χ0) is 22.5. The van der Waals surface area contributed by atoms with Crippen LogP contribution in [0.2, 0.25) is 0 Å². The maximum Gasteiger partial charge on any atom is 0.262 e. The van der Waals surface area contributed by atoms with Crippen LogP contribution in [0.5, 0.6) is 5.75 Å². The Balaban J connectivity index is 1.98. The van der Waals surface area contributed by atoms with Gasteiger partial charge in [-0.25, -0.2) is 10.0 Å². The van der Waals surface area contributed by atoms with Crippen LogP contribution in [0.15, 0.2) is 30.5 Å². The smallest absolute Gasteiger partial charge is 0.262 e. The summed E-state index contributed by atoms with van der Waals surface area (Å²) in [5, 5.41) is 26.5. The van der Waals surface area contributed by atoms with Gasteiger partial charge in [-0.2, -0.15) is 5.10 Å². The number of nitrogens with zero attached hydrogens (tertiary/aromatic N) is 4. The van der Waals surface area contributed by atoms with Gasteiger partial charge >= 0.3 is 0 Å². The zero-order valence-electron chi connectivity index (χ0n) is 17.4. The molecule has 0 radical (unpaired) electrons. The van der Waals surface area contributed by atoms with Crippen LogP contribution in [0.1, 0.15) is 32.6 Å². The zero-order valence-corrected chi connectivity index (χ0v) is 17.4. The fourth-order valence-electron chi connectivity index (χ4n) is 2.82. The van der Waals surface area contributed by atoms with Crippen LogP contribution in [0, 0.1) is 5.92 Å². The van der Waals surface area contributed by atoms with Crippen molar-refractivity contribution in [3.8, 4) is 17.0 Å². The van der Waals surface area contributed by atoms with Crippen LogP contribution in [-0.2, 0) is 9.59 Å². The van der Waals surface area contributed by atoms with Crippen molar-refractivity contribution in [2.24, 2.45) is 5.92 Å². The van der Waals surface area contributed by atoms with E-state index in [2.05, 4.69) is 26.0 Å². The van der Waals surface area contributed by atoms with Gasteiger partial charge in [-0.05, 0) is 30.7 Å². The van der Waals surface area contributed by atoms with Crippen LogP contribution < -0.4 is 15.6 Å². The second kappa shape index (κ2) is 13.1. The first-order chi connectivity index (χ1) is 15.1. The summed E-state index contributed by atoms with van der Waals surface area (Å²) < 4.78 is 5.33. The minimum Gasteiger partial charge on any atom is -0.491 e. The molecule has 4 N–H and O–H groups in total. The SMILES string of the molecule is CCCCCC(CN(O)C=O)C(=O)NNc1nncc(-c2ccc(OCCO)cc2)n1. The molecule has 0 saturated heterocycles. The van der Waals surface area contributed by atoms with Gasteiger partial charge in [0.15, 0.2) is 0 Å². The molecule has 1 heterocycles. The monoisotopic (exact) mass is 432 g/mol. The van der Waals surface area contributed by atoms with Gasteiger partial charge in [0.2, 0.25) is 12.3 Å². The van der Waals surface area contributed by atoms with E-state index in [1.165, 1.54) is 6.20 Å². The molecule has 1 atom stereocenters. The number of nitrogens with one attached hydrogen (secondary N) is 2. The average molecular weight is 432 g/mol. The van der Waals surface area contributed by atoms with Gasteiger partial charge in [0.05, 0.1) is 31.0 Å².